The molecular formula is C14H12F6N2O2. The minimum Gasteiger partial charge on any atom is -0.366 e. The van der Waals surface area contributed by atoms with Crippen LogP contribution in [0, 0.1) is 5.41 Å². The number of carbonyl (C=O) groups is 2. The van der Waals surface area contributed by atoms with Crippen LogP contribution >= 0.6 is 0 Å². The molecule has 0 aromatic heterocycles. The quantitative estimate of drug-likeness (QED) is 0.830. The number of benzene rings is 1. The molecule has 1 saturated heterocycles. The van der Waals surface area contributed by atoms with E-state index in [-0.39, 0.29) is 11.1 Å². The lowest BCUT2D eigenvalue weighted by Gasteiger charge is -2.33. The number of likely N-dealkylation sites (tertiary alicyclic amines) is 1. The number of rotatable bonds is 2. The number of alkyl halides is 6. The molecule has 1 heterocycles. The van der Waals surface area contributed by atoms with Crippen LogP contribution in [0.3, 0.4) is 0 Å². The van der Waals surface area contributed by atoms with Gasteiger partial charge in [0.1, 0.15) is 0 Å². The highest BCUT2D eigenvalue weighted by atomic mass is 19.4. The van der Waals surface area contributed by atoms with Crippen LogP contribution in [0.25, 0.3) is 0 Å². The predicted octanol–water partition coefficient (Wildman–Crippen LogP) is 2.74. The van der Waals surface area contributed by atoms with E-state index in [9.17, 15) is 35.9 Å². The normalized spacial score (nSPS) is 17.8. The van der Waals surface area contributed by atoms with Gasteiger partial charge in [-0.3, -0.25) is 9.59 Å². The molecule has 2 amide bonds. The topological polar surface area (TPSA) is 63.4 Å². The van der Waals surface area contributed by atoms with Gasteiger partial charge in [0.05, 0.1) is 0 Å². The number of nitrogens with two attached hydrogens (primary N) is 1. The molecule has 0 saturated carbocycles. The van der Waals surface area contributed by atoms with E-state index >= 15 is 0 Å². The molecule has 1 aromatic carbocycles. The van der Waals surface area contributed by atoms with Gasteiger partial charge in [0, 0.05) is 24.2 Å². The van der Waals surface area contributed by atoms with E-state index in [1.807, 2.05) is 0 Å². The maximum Gasteiger partial charge on any atom is 0.404 e. The Morgan fingerprint density at radius 1 is 1.04 bits per heavy atom. The summed E-state index contributed by atoms with van der Waals surface area (Å²) in [6.45, 7) is -2.21. The van der Waals surface area contributed by atoms with Gasteiger partial charge in [0.15, 0.2) is 5.41 Å². The fourth-order valence-corrected chi connectivity index (χ4v) is 2.59. The minimum absolute atomic E-state index is 0.0713. The third-order valence-corrected chi connectivity index (χ3v) is 4.04. The molecule has 2 rings (SSSR count). The summed E-state index contributed by atoms with van der Waals surface area (Å²) in [7, 11) is 0. The number of nitrogens with zero attached hydrogens (tertiary/aromatic N) is 1. The predicted molar refractivity (Wildman–Crippen MR) is 70.0 cm³/mol. The fourth-order valence-electron chi connectivity index (χ4n) is 2.59. The van der Waals surface area contributed by atoms with Crippen molar-refractivity contribution in [2.75, 3.05) is 13.1 Å². The molecule has 4 nitrogen and oxygen atoms in total. The van der Waals surface area contributed by atoms with Crippen LogP contribution < -0.4 is 5.73 Å². The molecule has 0 bridgehead atoms. The third-order valence-electron chi connectivity index (χ3n) is 4.04. The summed E-state index contributed by atoms with van der Waals surface area (Å²) in [5.74, 6) is -1.89. The highest BCUT2D eigenvalue weighted by Crippen LogP contribution is 2.55. The van der Waals surface area contributed by atoms with Crippen molar-refractivity contribution in [3.63, 3.8) is 0 Å². The average Bonchev–Trinajstić information content (AvgIpc) is 2.92. The third kappa shape index (κ3) is 2.92. The Morgan fingerprint density at radius 3 is 2.04 bits per heavy atom. The van der Waals surface area contributed by atoms with Crippen molar-refractivity contribution in [1.29, 1.82) is 0 Å². The number of hydrogen-bond acceptors (Lipinski definition) is 2. The van der Waals surface area contributed by atoms with Gasteiger partial charge in [0.25, 0.3) is 5.91 Å². The van der Waals surface area contributed by atoms with Crippen molar-refractivity contribution in [3.8, 4) is 0 Å². The van der Waals surface area contributed by atoms with Gasteiger partial charge in [-0.15, -0.1) is 0 Å². The van der Waals surface area contributed by atoms with Crippen LogP contribution in [-0.2, 0) is 0 Å². The summed E-state index contributed by atoms with van der Waals surface area (Å²) in [6.07, 6.45) is -12.3. The van der Waals surface area contributed by atoms with Crippen LogP contribution in [0.15, 0.2) is 24.3 Å². The van der Waals surface area contributed by atoms with Crippen molar-refractivity contribution in [2.24, 2.45) is 11.1 Å². The fraction of sp³-hybridized carbons (Fsp3) is 0.429. The SMILES string of the molecule is NC(=O)c1cccc(C(=O)N2CCC(C(F)(F)F)(C(F)(F)F)C2)c1. The molecule has 10 heteroatoms. The molecule has 1 aliphatic heterocycles. The molecular weight excluding hydrogens is 342 g/mol. The van der Waals surface area contributed by atoms with Crippen LogP contribution in [0.5, 0.6) is 0 Å². The van der Waals surface area contributed by atoms with E-state index in [0.29, 0.717) is 4.90 Å². The summed E-state index contributed by atoms with van der Waals surface area (Å²) in [5, 5.41) is 0. The highest BCUT2D eigenvalue weighted by molar-refractivity contribution is 5.99. The second-order valence-electron chi connectivity index (χ2n) is 5.50. The zero-order valence-electron chi connectivity index (χ0n) is 12.0. The molecule has 1 aromatic rings. The lowest BCUT2D eigenvalue weighted by atomic mass is 9.85. The average molecular weight is 354 g/mol. The van der Waals surface area contributed by atoms with E-state index in [1.165, 1.54) is 18.2 Å². The molecule has 0 atom stereocenters. The Balaban J connectivity index is 2.31. The molecule has 2 N–H and O–H groups in total. The molecule has 0 aliphatic carbocycles. The van der Waals surface area contributed by atoms with Crippen LogP contribution in [-0.4, -0.2) is 42.2 Å². The Morgan fingerprint density at radius 2 is 1.58 bits per heavy atom. The summed E-state index contributed by atoms with van der Waals surface area (Å²) >= 11 is 0. The van der Waals surface area contributed by atoms with E-state index in [2.05, 4.69) is 0 Å². The van der Waals surface area contributed by atoms with Crippen LogP contribution in [0.2, 0.25) is 0 Å². The number of amides is 2. The standard InChI is InChI=1S/C14H12F6N2O2/c15-13(16,17)12(14(18,19)20)4-5-22(7-12)11(24)9-3-1-2-8(6-9)10(21)23/h1-3,6H,4-5,7H2,(H2,21,23). The zero-order valence-corrected chi connectivity index (χ0v) is 12.0. The van der Waals surface area contributed by atoms with Gasteiger partial charge in [-0.2, -0.15) is 26.3 Å². The number of carbonyl (C=O) groups excluding carboxylic acids is 2. The monoisotopic (exact) mass is 354 g/mol. The second kappa shape index (κ2) is 5.67. The molecule has 0 unspecified atom stereocenters. The molecule has 132 valence electrons. The summed E-state index contributed by atoms with van der Waals surface area (Å²) in [6, 6.07) is 4.77. The van der Waals surface area contributed by atoms with Crippen LogP contribution in [0.4, 0.5) is 26.3 Å². The second-order valence-corrected chi connectivity index (χ2v) is 5.50. The van der Waals surface area contributed by atoms with Crippen molar-refractivity contribution in [2.45, 2.75) is 18.8 Å². The van der Waals surface area contributed by atoms with Gasteiger partial charge in [-0.1, -0.05) is 6.07 Å². The van der Waals surface area contributed by atoms with Gasteiger partial charge < -0.3 is 10.6 Å². The lowest BCUT2D eigenvalue weighted by molar-refractivity contribution is -0.334. The number of hydrogen-bond donors (Lipinski definition) is 1. The smallest absolute Gasteiger partial charge is 0.366 e. The number of primary amides is 1. The maximum absolute atomic E-state index is 13.0. The molecule has 24 heavy (non-hydrogen) atoms. The van der Waals surface area contributed by atoms with Crippen LogP contribution in [0.1, 0.15) is 27.1 Å². The van der Waals surface area contributed by atoms with Crippen molar-refractivity contribution >= 4 is 11.8 Å². The summed E-state index contributed by atoms with van der Waals surface area (Å²) in [4.78, 5) is 23.8. The molecule has 1 aliphatic rings. The Hall–Kier alpha value is -2.26. The first-order chi connectivity index (χ1) is 10.9. The van der Waals surface area contributed by atoms with Gasteiger partial charge in [0.2, 0.25) is 5.91 Å². The summed E-state index contributed by atoms with van der Waals surface area (Å²) in [5.41, 5.74) is 0.811. The number of halogens is 6. The largest absolute Gasteiger partial charge is 0.404 e. The molecule has 0 radical (unpaired) electrons. The lowest BCUT2D eigenvalue weighted by Crippen LogP contribution is -2.52. The Kier molecular flexibility index (Phi) is 4.28. The van der Waals surface area contributed by atoms with Crippen molar-refractivity contribution in [3.05, 3.63) is 35.4 Å². The maximum atomic E-state index is 13.0. The Bertz CT molecular complexity index is 654. The van der Waals surface area contributed by atoms with Crippen molar-refractivity contribution < 1.29 is 35.9 Å². The van der Waals surface area contributed by atoms with Gasteiger partial charge >= 0.3 is 12.4 Å². The van der Waals surface area contributed by atoms with E-state index in [0.717, 1.165) is 6.07 Å². The van der Waals surface area contributed by atoms with E-state index in [1.54, 1.807) is 0 Å². The minimum atomic E-state index is -5.53. The summed E-state index contributed by atoms with van der Waals surface area (Å²) < 4.78 is 78.0. The first kappa shape index (κ1) is 18.1. The first-order valence-electron chi connectivity index (χ1n) is 6.72. The van der Waals surface area contributed by atoms with E-state index < -0.39 is 49.1 Å². The Labute approximate surface area is 132 Å². The zero-order chi connectivity index (χ0) is 18.3. The molecule has 0 spiro atoms. The molecule has 1 fully saturated rings. The van der Waals surface area contributed by atoms with E-state index in [4.69, 9.17) is 5.73 Å². The van der Waals surface area contributed by atoms with Gasteiger partial charge in [-0.05, 0) is 24.6 Å². The van der Waals surface area contributed by atoms with Gasteiger partial charge in [-0.25, -0.2) is 0 Å². The van der Waals surface area contributed by atoms with Crippen molar-refractivity contribution in [1.82, 2.24) is 4.90 Å². The first-order valence-corrected chi connectivity index (χ1v) is 6.72. The highest BCUT2D eigenvalue weighted by Gasteiger charge is 2.72.